The van der Waals surface area contributed by atoms with E-state index < -0.39 is 0 Å². The standard InChI is InChI=1S/C25H28N2O3/c28-23(26-17-15-20(18-26)19-10-4-3-5-11-19)14-6-1-2-9-16-27-24(29)21-12-7-8-13-22(21)25(27)30/h3-5,7-8,10-13,20H,1-2,6,9,14-18H2/t20-/m1/s1. The van der Waals surface area contributed by atoms with Crippen LogP contribution in [0.15, 0.2) is 54.6 Å². The lowest BCUT2D eigenvalue weighted by atomic mass is 9.99. The van der Waals surface area contributed by atoms with Crippen molar-refractivity contribution < 1.29 is 14.4 Å². The number of likely N-dealkylation sites (tertiary alicyclic amines) is 1. The van der Waals surface area contributed by atoms with Gasteiger partial charge in [-0.25, -0.2) is 0 Å². The molecule has 1 atom stereocenters. The molecule has 0 radical (unpaired) electrons. The molecule has 0 saturated carbocycles. The number of hydrogen-bond acceptors (Lipinski definition) is 3. The number of carbonyl (C=O) groups excluding carboxylic acids is 3. The molecule has 2 heterocycles. The number of imide groups is 1. The van der Waals surface area contributed by atoms with Crippen molar-refractivity contribution in [3.8, 4) is 0 Å². The molecule has 0 spiro atoms. The van der Waals surface area contributed by atoms with Crippen molar-refractivity contribution in [2.45, 2.75) is 44.4 Å². The number of nitrogens with zero attached hydrogens (tertiary/aromatic N) is 2. The molecule has 5 nitrogen and oxygen atoms in total. The molecule has 0 unspecified atom stereocenters. The van der Waals surface area contributed by atoms with Gasteiger partial charge in [-0.3, -0.25) is 19.3 Å². The van der Waals surface area contributed by atoms with E-state index in [0.29, 0.717) is 30.0 Å². The Morgan fingerprint density at radius 2 is 1.47 bits per heavy atom. The molecule has 2 aromatic carbocycles. The molecule has 0 aliphatic carbocycles. The maximum Gasteiger partial charge on any atom is 0.261 e. The van der Waals surface area contributed by atoms with Crippen molar-refractivity contribution in [3.63, 3.8) is 0 Å². The average Bonchev–Trinajstić information content (AvgIpc) is 3.36. The maximum absolute atomic E-state index is 12.5. The van der Waals surface area contributed by atoms with E-state index in [0.717, 1.165) is 45.2 Å². The fraction of sp³-hybridized carbons (Fsp3) is 0.400. The highest BCUT2D eigenvalue weighted by Gasteiger charge is 2.34. The summed E-state index contributed by atoms with van der Waals surface area (Å²) >= 11 is 0. The van der Waals surface area contributed by atoms with Crippen molar-refractivity contribution in [3.05, 3.63) is 71.3 Å². The van der Waals surface area contributed by atoms with Crippen LogP contribution in [-0.4, -0.2) is 47.2 Å². The molecular formula is C25H28N2O3. The van der Waals surface area contributed by atoms with E-state index >= 15 is 0 Å². The molecule has 2 aliphatic heterocycles. The van der Waals surface area contributed by atoms with Crippen LogP contribution in [0.2, 0.25) is 0 Å². The molecule has 0 aromatic heterocycles. The Morgan fingerprint density at radius 1 is 0.833 bits per heavy atom. The van der Waals surface area contributed by atoms with Crippen LogP contribution in [-0.2, 0) is 4.79 Å². The molecule has 156 valence electrons. The first-order valence-electron chi connectivity index (χ1n) is 10.9. The van der Waals surface area contributed by atoms with E-state index in [1.165, 1.54) is 10.5 Å². The molecule has 5 heteroatoms. The molecule has 4 rings (SSSR count). The van der Waals surface area contributed by atoms with E-state index in [-0.39, 0.29) is 17.7 Å². The van der Waals surface area contributed by atoms with Gasteiger partial charge in [-0.2, -0.15) is 0 Å². The lowest BCUT2D eigenvalue weighted by molar-refractivity contribution is -0.130. The fourth-order valence-electron chi connectivity index (χ4n) is 4.48. The predicted molar refractivity (Wildman–Crippen MR) is 115 cm³/mol. The van der Waals surface area contributed by atoms with Gasteiger partial charge >= 0.3 is 0 Å². The summed E-state index contributed by atoms with van der Waals surface area (Å²) in [6, 6.07) is 17.4. The van der Waals surface area contributed by atoms with Crippen LogP contribution in [0.3, 0.4) is 0 Å². The molecule has 1 fully saturated rings. The van der Waals surface area contributed by atoms with Gasteiger partial charge in [-0.05, 0) is 37.0 Å². The summed E-state index contributed by atoms with van der Waals surface area (Å²) < 4.78 is 0. The van der Waals surface area contributed by atoms with E-state index in [1.807, 2.05) is 11.0 Å². The second-order valence-corrected chi connectivity index (χ2v) is 8.21. The zero-order chi connectivity index (χ0) is 20.9. The minimum Gasteiger partial charge on any atom is -0.342 e. The van der Waals surface area contributed by atoms with Crippen LogP contribution in [0.5, 0.6) is 0 Å². The van der Waals surface area contributed by atoms with Crippen LogP contribution in [0.1, 0.15) is 70.7 Å². The monoisotopic (exact) mass is 404 g/mol. The Labute approximate surface area is 177 Å². The molecule has 2 aromatic rings. The summed E-state index contributed by atoms with van der Waals surface area (Å²) in [5, 5.41) is 0. The first-order valence-corrected chi connectivity index (χ1v) is 10.9. The average molecular weight is 405 g/mol. The van der Waals surface area contributed by atoms with Gasteiger partial charge in [0.1, 0.15) is 0 Å². The molecule has 1 saturated heterocycles. The van der Waals surface area contributed by atoms with Crippen molar-refractivity contribution in [2.75, 3.05) is 19.6 Å². The quantitative estimate of drug-likeness (QED) is 0.488. The number of carbonyl (C=O) groups is 3. The number of rotatable bonds is 8. The van der Waals surface area contributed by atoms with Crippen molar-refractivity contribution in [1.29, 1.82) is 0 Å². The highest BCUT2D eigenvalue weighted by Crippen LogP contribution is 2.27. The van der Waals surface area contributed by atoms with Gasteiger partial charge in [0.15, 0.2) is 0 Å². The van der Waals surface area contributed by atoms with Crippen LogP contribution in [0.4, 0.5) is 0 Å². The van der Waals surface area contributed by atoms with E-state index in [2.05, 4.69) is 24.3 Å². The number of benzene rings is 2. The lowest BCUT2D eigenvalue weighted by Gasteiger charge is -2.17. The summed E-state index contributed by atoms with van der Waals surface area (Å²) in [4.78, 5) is 40.5. The van der Waals surface area contributed by atoms with Crippen molar-refractivity contribution in [1.82, 2.24) is 9.80 Å². The Bertz CT molecular complexity index is 890. The van der Waals surface area contributed by atoms with Gasteiger partial charge in [0.25, 0.3) is 11.8 Å². The van der Waals surface area contributed by atoms with Gasteiger partial charge in [0.2, 0.25) is 5.91 Å². The lowest BCUT2D eigenvalue weighted by Crippen LogP contribution is -2.30. The number of hydrogen-bond donors (Lipinski definition) is 0. The van der Waals surface area contributed by atoms with Crippen LogP contribution >= 0.6 is 0 Å². The van der Waals surface area contributed by atoms with Gasteiger partial charge < -0.3 is 4.90 Å². The van der Waals surface area contributed by atoms with Crippen LogP contribution < -0.4 is 0 Å². The number of unbranched alkanes of at least 4 members (excludes halogenated alkanes) is 3. The van der Waals surface area contributed by atoms with Gasteiger partial charge in [0.05, 0.1) is 11.1 Å². The van der Waals surface area contributed by atoms with Crippen molar-refractivity contribution >= 4 is 17.7 Å². The van der Waals surface area contributed by atoms with Crippen molar-refractivity contribution in [2.24, 2.45) is 0 Å². The first kappa shape index (κ1) is 20.3. The van der Waals surface area contributed by atoms with E-state index in [4.69, 9.17) is 0 Å². The van der Waals surface area contributed by atoms with E-state index in [9.17, 15) is 14.4 Å². The Hall–Kier alpha value is -2.95. The Balaban J connectivity index is 1.13. The van der Waals surface area contributed by atoms with Crippen LogP contribution in [0.25, 0.3) is 0 Å². The normalized spacial score (nSPS) is 18.2. The summed E-state index contributed by atoms with van der Waals surface area (Å²) in [7, 11) is 0. The first-order chi connectivity index (χ1) is 14.6. The second kappa shape index (κ2) is 9.24. The number of fused-ring (bicyclic) bond motifs is 1. The third kappa shape index (κ3) is 4.30. The second-order valence-electron chi connectivity index (χ2n) is 8.21. The zero-order valence-electron chi connectivity index (χ0n) is 17.3. The summed E-state index contributed by atoms with van der Waals surface area (Å²) in [5.41, 5.74) is 2.33. The van der Waals surface area contributed by atoms with Crippen LogP contribution in [0, 0.1) is 0 Å². The Morgan fingerprint density at radius 3 is 2.17 bits per heavy atom. The molecule has 2 aliphatic rings. The number of amides is 3. The summed E-state index contributed by atoms with van der Waals surface area (Å²) in [5.74, 6) is 0.323. The maximum atomic E-state index is 12.5. The van der Waals surface area contributed by atoms with Gasteiger partial charge in [-0.1, -0.05) is 55.3 Å². The predicted octanol–water partition coefficient (Wildman–Crippen LogP) is 4.25. The SMILES string of the molecule is O=C(CCCCCCN1C(=O)c2ccccc2C1=O)N1CC[C@@H](c2ccccc2)C1. The molecule has 0 N–H and O–H groups in total. The topological polar surface area (TPSA) is 57.7 Å². The smallest absolute Gasteiger partial charge is 0.261 e. The Kier molecular flexibility index (Phi) is 6.26. The fourth-order valence-corrected chi connectivity index (χ4v) is 4.48. The minimum atomic E-state index is -0.187. The van der Waals surface area contributed by atoms with E-state index in [1.54, 1.807) is 24.3 Å². The third-order valence-electron chi connectivity index (χ3n) is 6.21. The molecular weight excluding hydrogens is 376 g/mol. The minimum absolute atomic E-state index is 0.187. The summed E-state index contributed by atoms with van der Waals surface area (Å²) in [6.07, 6.45) is 5.09. The van der Waals surface area contributed by atoms with Gasteiger partial charge in [-0.15, -0.1) is 0 Å². The largest absolute Gasteiger partial charge is 0.342 e. The zero-order valence-corrected chi connectivity index (χ0v) is 17.3. The summed E-state index contributed by atoms with van der Waals surface area (Å²) in [6.45, 7) is 2.12. The highest BCUT2D eigenvalue weighted by molar-refractivity contribution is 6.21. The highest BCUT2D eigenvalue weighted by atomic mass is 16.2. The third-order valence-corrected chi connectivity index (χ3v) is 6.21. The molecule has 3 amide bonds. The molecule has 30 heavy (non-hydrogen) atoms. The molecule has 0 bridgehead atoms. The van der Waals surface area contributed by atoms with Gasteiger partial charge in [0, 0.05) is 32.0 Å².